The van der Waals surface area contributed by atoms with Crippen LogP contribution in [0.3, 0.4) is 0 Å². The number of rotatable bonds is 36. The van der Waals surface area contributed by atoms with Crippen LogP contribution in [0.25, 0.3) is 0 Å². The van der Waals surface area contributed by atoms with E-state index in [0.29, 0.717) is 19.3 Å². The Morgan fingerprint density at radius 3 is 1.58 bits per heavy atom. The molecule has 0 aliphatic heterocycles. The SMILES string of the molecule is CCCC/C=C/CCCCCCCC(=O)OCC(COCCC(C(=O)O)[N+](C)(C)C)OC(=O)CCCCCCC/C=C/C=C/C=C/C=C/CCCCC. The number of esters is 2. The average molecular weight is 745 g/mol. The van der Waals surface area contributed by atoms with Crippen molar-refractivity contribution < 1.29 is 38.2 Å². The van der Waals surface area contributed by atoms with Crippen LogP contribution in [0.2, 0.25) is 0 Å². The summed E-state index contributed by atoms with van der Waals surface area (Å²) in [5.41, 5.74) is 0. The highest BCUT2D eigenvalue weighted by atomic mass is 16.6. The number of carboxylic acid groups (broad SMARTS) is 1. The zero-order valence-electron chi connectivity index (χ0n) is 34.4. The molecule has 0 saturated carbocycles. The first-order valence-corrected chi connectivity index (χ1v) is 20.9. The highest BCUT2D eigenvalue weighted by molar-refractivity contribution is 5.72. The van der Waals surface area contributed by atoms with E-state index in [0.717, 1.165) is 77.0 Å². The number of aliphatic carboxylic acids is 1. The van der Waals surface area contributed by atoms with E-state index in [1.54, 1.807) is 0 Å². The summed E-state index contributed by atoms with van der Waals surface area (Å²) in [5.74, 6) is -1.52. The molecule has 0 aliphatic carbocycles. The Labute approximate surface area is 324 Å². The predicted octanol–water partition coefficient (Wildman–Crippen LogP) is 11.0. The fourth-order valence-electron chi connectivity index (χ4n) is 5.67. The number of hydrogen-bond acceptors (Lipinski definition) is 6. The molecule has 0 radical (unpaired) electrons. The Balaban J connectivity index is 4.45. The lowest BCUT2D eigenvalue weighted by Gasteiger charge is -2.31. The molecule has 0 aliphatic rings. The van der Waals surface area contributed by atoms with Gasteiger partial charge in [-0.15, -0.1) is 0 Å². The van der Waals surface area contributed by atoms with E-state index >= 15 is 0 Å². The van der Waals surface area contributed by atoms with Crippen molar-refractivity contribution in [1.82, 2.24) is 0 Å². The van der Waals surface area contributed by atoms with Crippen LogP contribution in [0.1, 0.15) is 155 Å². The van der Waals surface area contributed by atoms with Gasteiger partial charge in [0, 0.05) is 19.3 Å². The van der Waals surface area contributed by atoms with Crippen LogP contribution in [0.15, 0.2) is 60.8 Å². The lowest BCUT2D eigenvalue weighted by Crippen LogP contribution is -2.50. The number of quaternary nitrogens is 1. The molecule has 304 valence electrons. The van der Waals surface area contributed by atoms with Crippen LogP contribution < -0.4 is 0 Å². The van der Waals surface area contributed by atoms with Crippen LogP contribution in [0.5, 0.6) is 0 Å². The van der Waals surface area contributed by atoms with Crippen LogP contribution >= 0.6 is 0 Å². The standard InChI is InChI=1S/C45H77NO7/c1-6-8-10-12-14-16-18-19-20-21-22-23-24-26-28-30-32-34-36-44(48)53-41(39-51-38-37-42(45(49)50)46(3,4)5)40-52-43(47)35-33-31-29-27-25-17-15-13-11-9-7-2/h13-16,18-23,41-42H,6-12,17,24-40H2,1-5H3/p+1/b15-13+,16-14+,19-18+,21-20+,23-22+. The van der Waals surface area contributed by atoms with E-state index in [1.165, 1.54) is 44.9 Å². The second-order valence-corrected chi connectivity index (χ2v) is 15.0. The number of ether oxygens (including phenoxy) is 3. The zero-order chi connectivity index (χ0) is 39.3. The van der Waals surface area contributed by atoms with Crippen LogP contribution in [-0.4, -0.2) is 80.6 Å². The first-order valence-electron chi connectivity index (χ1n) is 20.9. The molecule has 2 atom stereocenters. The number of nitrogens with zero attached hydrogens (tertiary/aromatic N) is 1. The molecule has 8 nitrogen and oxygen atoms in total. The Bertz CT molecular complexity index is 1050. The minimum atomic E-state index is -0.883. The van der Waals surface area contributed by atoms with Gasteiger partial charge in [0.15, 0.2) is 12.1 Å². The summed E-state index contributed by atoms with van der Waals surface area (Å²) in [4.78, 5) is 36.9. The molecule has 0 bridgehead atoms. The molecule has 8 heteroatoms. The molecule has 0 aromatic heterocycles. The van der Waals surface area contributed by atoms with E-state index in [-0.39, 0.29) is 36.2 Å². The summed E-state index contributed by atoms with van der Waals surface area (Å²) in [7, 11) is 5.50. The van der Waals surface area contributed by atoms with E-state index in [4.69, 9.17) is 14.2 Å². The second-order valence-electron chi connectivity index (χ2n) is 15.0. The van der Waals surface area contributed by atoms with E-state index in [1.807, 2.05) is 27.2 Å². The van der Waals surface area contributed by atoms with Gasteiger partial charge in [-0.1, -0.05) is 139 Å². The minimum absolute atomic E-state index is 0.0462. The smallest absolute Gasteiger partial charge is 0.362 e. The van der Waals surface area contributed by atoms with Crippen LogP contribution in [0, 0.1) is 0 Å². The van der Waals surface area contributed by atoms with Gasteiger partial charge in [0.25, 0.3) is 0 Å². The number of carbonyl (C=O) groups excluding carboxylic acids is 2. The summed E-state index contributed by atoms with van der Waals surface area (Å²) in [6.07, 6.45) is 42.5. The first kappa shape index (κ1) is 50.0. The molecule has 0 heterocycles. The second kappa shape index (κ2) is 36.0. The highest BCUT2D eigenvalue weighted by Gasteiger charge is 2.31. The third kappa shape index (κ3) is 34.5. The van der Waals surface area contributed by atoms with Crippen molar-refractivity contribution in [2.24, 2.45) is 0 Å². The van der Waals surface area contributed by atoms with E-state index in [9.17, 15) is 19.5 Å². The van der Waals surface area contributed by atoms with E-state index < -0.39 is 18.1 Å². The molecule has 2 unspecified atom stereocenters. The molecular weight excluding hydrogens is 666 g/mol. The molecule has 1 N–H and O–H groups in total. The Morgan fingerprint density at radius 2 is 1.04 bits per heavy atom. The van der Waals surface area contributed by atoms with Gasteiger partial charge in [-0.05, 0) is 57.8 Å². The predicted molar refractivity (Wildman–Crippen MR) is 220 cm³/mol. The topological polar surface area (TPSA) is 99.1 Å². The molecule has 0 aromatic rings. The number of carboxylic acids is 1. The van der Waals surface area contributed by atoms with Gasteiger partial charge in [0.05, 0.1) is 34.4 Å². The highest BCUT2D eigenvalue weighted by Crippen LogP contribution is 2.13. The molecule has 0 spiro atoms. The average Bonchev–Trinajstić information content (AvgIpc) is 3.11. The van der Waals surface area contributed by atoms with Gasteiger partial charge < -0.3 is 23.8 Å². The fourth-order valence-corrected chi connectivity index (χ4v) is 5.67. The summed E-state index contributed by atoms with van der Waals surface area (Å²) >= 11 is 0. The third-order valence-corrected chi connectivity index (χ3v) is 8.98. The first-order chi connectivity index (χ1) is 25.6. The summed E-state index contributed by atoms with van der Waals surface area (Å²) in [6, 6.07) is -0.622. The van der Waals surface area contributed by atoms with Gasteiger partial charge in [-0.25, -0.2) is 4.79 Å². The molecule has 0 rings (SSSR count). The van der Waals surface area contributed by atoms with Gasteiger partial charge in [-0.2, -0.15) is 0 Å². The van der Waals surface area contributed by atoms with Crippen molar-refractivity contribution in [2.75, 3.05) is 41.0 Å². The van der Waals surface area contributed by atoms with Crippen molar-refractivity contribution in [1.29, 1.82) is 0 Å². The molecular formula is C45H78NO7+. The minimum Gasteiger partial charge on any atom is -0.477 e. The van der Waals surface area contributed by atoms with Gasteiger partial charge >= 0.3 is 17.9 Å². The fraction of sp³-hybridized carbons (Fsp3) is 0.711. The lowest BCUT2D eigenvalue weighted by molar-refractivity contribution is -0.887. The lowest BCUT2D eigenvalue weighted by atomic mass is 10.1. The summed E-state index contributed by atoms with van der Waals surface area (Å²) < 4.78 is 17.2. The summed E-state index contributed by atoms with van der Waals surface area (Å²) in [5, 5.41) is 9.60. The number of carbonyl (C=O) groups is 3. The van der Waals surface area contributed by atoms with Crippen LogP contribution in [0.4, 0.5) is 0 Å². The zero-order valence-corrected chi connectivity index (χ0v) is 34.4. The molecule has 0 amide bonds. The van der Waals surface area contributed by atoms with E-state index in [2.05, 4.69) is 68.5 Å². The number of hydrogen-bond donors (Lipinski definition) is 1. The maximum absolute atomic E-state index is 12.7. The van der Waals surface area contributed by atoms with Gasteiger partial charge in [0.2, 0.25) is 0 Å². The van der Waals surface area contributed by atoms with Crippen molar-refractivity contribution in [3.8, 4) is 0 Å². The van der Waals surface area contributed by atoms with Crippen molar-refractivity contribution in [2.45, 2.75) is 167 Å². The van der Waals surface area contributed by atoms with Crippen molar-refractivity contribution in [3.05, 3.63) is 60.8 Å². The Morgan fingerprint density at radius 1 is 0.566 bits per heavy atom. The maximum atomic E-state index is 12.7. The van der Waals surface area contributed by atoms with Gasteiger partial charge in [-0.3, -0.25) is 9.59 Å². The Hall–Kier alpha value is -2.97. The van der Waals surface area contributed by atoms with Crippen LogP contribution in [-0.2, 0) is 28.6 Å². The molecule has 53 heavy (non-hydrogen) atoms. The van der Waals surface area contributed by atoms with Crippen molar-refractivity contribution in [3.63, 3.8) is 0 Å². The van der Waals surface area contributed by atoms with Crippen molar-refractivity contribution >= 4 is 17.9 Å². The molecule has 0 aromatic carbocycles. The number of likely N-dealkylation sites (N-methyl/N-ethyl adjacent to an activating group) is 1. The number of unbranched alkanes of at least 4 members (excludes halogenated alkanes) is 15. The Kier molecular flexibility index (Phi) is 34.0. The largest absolute Gasteiger partial charge is 0.477 e. The quantitative estimate of drug-likeness (QED) is 0.0224. The molecule has 0 fully saturated rings. The normalized spacial score (nSPS) is 13.6. The monoisotopic (exact) mass is 745 g/mol. The van der Waals surface area contributed by atoms with Gasteiger partial charge in [0.1, 0.15) is 6.61 Å². The third-order valence-electron chi connectivity index (χ3n) is 8.98. The number of allylic oxidation sites excluding steroid dienone is 10. The maximum Gasteiger partial charge on any atom is 0.362 e. The molecule has 0 saturated heterocycles. The summed E-state index contributed by atoms with van der Waals surface area (Å²) in [6.45, 7) is 4.61.